The highest BCUT2D eigenvalue weighted by molar-refractivity contribution is 5.94. The molecule has 17 heavy (non-hydrogen) atoms. The summed E-state index contributed by atoms with van der Waals surface area (Å²) in [6.07, 6.45) is 4.44. The predicted octanol–water partition coefficient (Wildman–Crippen LogP) is 2.87. The van der Waals surface area contributed by atoms with E-state index in [0.717, 1.165) is 0 Å². The second kappa shape index (κ2) is 5.21. The lowest BCUT2D eigenvalue weighted by atomic mass is 10.1. The Bertz CT molecular complexity index is 455. The van der Waals surface area contributed by atoms with Gasteiger partial charge in [0.15, 0.2) is 0 Å². The van der Waals surface area contributed by atoms with Crippen LogP contribution in [0.4, 0.5) is 0 Å². The summed E-state index contributed by atoms with van der Waals surface area (Å²) < 4.78 is 15.4. The summed E-state index contributed by atoms with van der Waals surface area (Å²) in [6.45, 7) is 2.09. The summed E-state index contributed by atoms with van der Waals surface area (Å²) in [4.78, 5) is 11.5. The number of carbonyl (C=O) groups excluding carboxylic acids is 1. The fourth-order valence-electron chi connectivity index (χ4n) is 1.43. The number of hydrogen-bond acceptors (Lipinski definition) is 4. The van der Waals surface area contributed by atoms with E-state index in [1.807, 2.05) is 0 Å². The summed E-state index contributed by atoms with van der Waals surface area (Å²) in [5, 5.41) is 0. The van der Waals surface area contributed by atoms with Gasteiger partial charge < -0.3 is 13.6 Å². The monoisotopic (exact) mass is 232 g/mol. The van der Waals surface area contributed by atoms with E-state index in [1.165, 1.54) is 18.6 Å². The first-order valence-corrected chi connectivity index (χ1v) is 5.27. The number of esters is 1. The molecule has 0 spiro atoms. The minimum Gasteiger partial charge on any atom is -0.464 e. The number of carbonyl (C=O) groups is 1. The average molecular weight is 232 g/mol. The summed E-state index contributed by atoms with van der Waals surface area (Å²) in [5.74, 6) is 0.705. The van der Waals surface area contributed by atoms with Crippen LogP contribution in [0.15, 0.2) is 51.7 Å². The van der Waals surface area contributed by atoms with E-state index in [-0.39, 0.29) is 0 Å². The largest absolute Gasteiger partial charge is 0.464 e. The van der Waals surface area contributed by atoms with Gasteiger partial charge in [0.05, 0.1) is 24.7 Å². The Balaban J connectivity index is 2.35. The van der Waals surface area contributed by atoms with Gasteiger partial charge in [-0.05, 0) is 31.2 Å². The molecule has 0 fully saturated rings. The molecule has 0 N–H and O–H groups in total. The van der Waals surface area contributed by atoms with Gasteiger partial charge in [0, 0.05) is 6.08 Å². The van der Waals surface area contributed by atoms with Crippen molar-refractivity contribution in [3.05, 3.63) is 54.4 Å². The first-order chi connectivity index (χ1) is 8.31. The number of hydrogen-bond donors (Lipinski definition) is 0. The zero-order valence-electron chi connectivity index (χ0n) is 9.38. The maximum Gasteiger partial charge on any atom is 0.331 e. The van der Waals surface area contributed by atoms with Crippen LogP contribution in [0.25, 0.3) is 5.57 Å². The molecule has 0 bridgehead atoms. The van der Waals surface area contributed by atoms with Crippen LogP contribution >= 0.6 is 0 Å². The maximum atomic E-state index is 11.5. The molecule has 0 unspecified atom stereocenters. The average Bonchev–Trinajstić information content (AvgIpc) is 3.00. The molecular weight excluding hydrogens is 220 g/mol. The third-order valence-corrected chi connectivity index (χ3v) is 2.12. The third kappa shape index (κ3) is 2.66. The van der Waals surface area contributed by atoms with Crippen molar-refractivity contribution in [1.29, 1.82) is 0 Å². The zero-order valence-corrected chi connectivity index (χ0v) is 9.38. The van der Waals surface area contributed by atoms with Crippen LogP contribution in [0.1, 0.15) is 18.4 Å². The standard InChI is InChI=1S/C13H12O4/c1-2-15-13(14)9-10(11-5-3-7-16-11)12-6-4-8-17-12/h3-9H,2H2,1H3. The third-order valence-electron chi connectivity index (χ3n) is 2.12. The van der Waals surface area contributed by atoms with Crippen LogP contribution < -0.4 is 0 Å². The van der Waals surface area contributed by atoms with Crippen molar-refractivity contribution < 1.29 is 18.4 Å². The molecule has 2 heterocycles. The Morgan fingerprint density at radius 2 is 1.82 bits per heavy atom. The second-order valence-electron chi connectivity index (χ2n) is 3.26. The van der Waals surface area contributed by atoms with Crippen LogP contribution in [-0.4, -0.2) is 12.6 Å². The van der Waals surface area contributed by atoms with Gasteiger partial charge in [-0.1, -0.05) is 0 Å². The van der Waals surface area contributed by atoms with Gasteiger partial charge in [0.1, 0.15) is 11.5 Å². The lowest BCUT2D eigenvalue weighted by molar-refractivity contribution is -0.137. The van der Waals surface area contributed by atoms with E-state index in [4.69, 9.17) is 13.6 Å². The fraction of sp³-hybridized carbons (Fsp3) is 0.154. The SMILES string of the molecule is CCOC(=O)C=C(c1ccco1)c1ccco1. The summed E-state index contributed by atoms with van der Waals surface area (Å²) in [6, 6.07) is 7.01. The number of ether oxygens (including phenoxy) is 1. The molecule has 0 aliphatic heterocycles. The molecule has 2 rings (SSSR count). The summed E-state index contributed by atoms with van der Waals surface area (Å²) >= 11 is 0. The van der Waals surface area contributed by atoms with E-state index >= 15 is 0 Å². The van der Waals surface area contributed by atoms with Crippen molar-refractivity contribution in [3.8, 4) is 0 Å². The second-order valence-corrected chi connectivity index (χ2v) is 3.26. The van der Waals surface area contributed by atoms with Gasteiger partial charge in [-0.25, -0.2) is 4.79 Å². The smallest absolute Gasteiger partial charge is 0.331 e. The van der Waals surface area contributed by atoms with Crippen molar-refractivity contribution in [3.63, 3.8) is 0 Å². The van der Waals surface area contributed by atoms with Crippen LogP contribution in [0, 0.1) is 0 Å². The highest BCUT2D eigenvalue weighted by Crippen LogP contribution is 2.24. The highest BCUT2D eigenvalue weighted by Gasteiger charge is 2.13. The van der Waals surface area contributed by atoms with Gasteiger partial charge in [-0.15, -0.1) is 0 Å². The summed E-state index contributed by atoms with van der Waals surface area (Å²) in [7, 11) is 0. The first kappa shape index (κ1) is 11.3. The van der Waals surface area contributed by atoms with Crippen LogP contribution in [0.2, 0.25) is 0 Å². The summed E-state index contributed by atoms with van der Waals surface area (Å²) in [5.41, 5.74) is 0.568. The molecule has 4 nitrogen and oxygen atoms in total. The van der Waals surface area contributed by atoms with E-state index in [1.54, 1.807) is 31.2 Å². The van der Waals surface area contributed by atoms with Gasteiger partial charge in [-0.3, -0.25) is 0 Å². The van der Waals surface area contributed by atoms with Crippen molar-refractivity contribution >= 4 is 11.5 Å². The van der Waals surface area contributed by atoms with Crippen molar-refractivity contribution in [2.75, 3.05) is 6.61 Å². The Kier molecular flexibility index (Phi) is 3.45. The molecule has 0 aliphatic carbocycles. The fourth-order valence-corrected chi connectivity index (χ4v) is 1.43. The van der Waals surface area contributed by atoms with Gasteiger partial charge >= 0.3 is 5.97 Å². The Labute approximate surface area is 98.5 Å². The lowest BCUT2D eigenvalue weighted by Gasteiger charge is -2.01. The molecule has 0 aliphatic rings. The van der Waals surface area contributed by atoms with Crippen molar-refractivity contribution in [2.24, 2.45) is 0 Å². The van der Waals surface area contributed by atoms with Crippen LogP contribution in [0.5, 0.6) is 0 Å². The molecular formula is C13H12O4. The van der Waals surface area contributed by atoms with Crippen molar-refractivity contribution in [1.82, 2.24) is 0 Å². The topological polar surface area (TPSA) is 52.6 Å². The van der Waals surface area contributed by atoms with Crippen LogP contribution in [0.3, 0.4) is 0 Å². The molecule has 0 saturated carbocycles. The van der Waals surface area contributed by atoms with Gasteiger partial charge in [0.2, 0.25) is 0 Å². The van der Waals surface area contributed by atoms with Gasteiger partial charge in [-0.2, -0.15) is 0 Å². The molecule has 0 aromatic carbocycles. The maximum absolute atomic E-state index is 11.5. The molecule has 0 radical (unpaired) electrons. The molecule has 0 amide bonds. The minimum absolute atomic E-state index is 0.332. The zero-order chi connectivity index (χ0) is 12.1. The molecule has 2 aromatic rings. The quantitative estimate of drug-likeness (QED) is 0.600. The Morgan fingerprint density at radius 1 is 1.24 bits per heavy atom. The molecule has 0 saturated heterocycles. The van der Waals surface area contributed by atoms with Gasteiger partial charge in [0.25, 0.3) is 0 Å². The lowest BCUT2D eigenvalue weighted by Crippen LogP contribution is -2.01. The predicted molar refractivity (Wildman–Crippen MR) is 61.1 cm³/mol. The number of rotatable bonds is 4. The highest BCUT2D eigenvalue weighted by atomic mass is 16.5. The normalized spacial score (nSPS) is 9.94. The van der Waals surface area contributed by atoms with Crippen LogP contribution in [-0.2, 0) is 9.53 Å². The minimum atomic E-state index is -0.421. The van der Waals surface area contributed by atoms with Crippen molar-refractivity contribution in [2.45, 2.75) is 6.92 Å². The Morgan fingerprint density at radius 3 is 2.24 bits per heavy atom. The first-order valence-electron chi connectivity index (χ1n) is 5.27. The van der Waals surface area contributed by atoms with E-state index in [9.17, 15) is 4.79 Å². The van der Waals surface area contributed by atoms with E-state index in [2.05, 4.69) is 0 Å². The molecule has 88 valence electrons. The molecule has 2 aromatic heterocycles. The van der Waals surface area contributed by atoms with E-state index < -0.39 is 5.97 Å². The Hall–Kier alpha value is -2.23. The number of furan rings is 2. The van der Waals surface area contributed by atoms with E-state index in [0.29, 0.717) is 23.7 Å². The molecule has 4 heteroatoms. The molecule has 0 atom stereocenters.